The van der Waals surface area contributed by atoms with Gasteiger partial charge in [0.05, 0.1) is 0 Å². The second kappa shape index (κ2) is 9.01. The second-order valence-corrected chi connectivity index (χ2v) is 7.39. The molecule has 0 bridgehead atoms. The molecule has 1 aliphatic heterocycles. The van der Waals surface area contributed by atoms with Gasteiger partial charge < -0.3 is 10.1 Å². The molecule has 3 nitrogen and oxygen atoms in total. The van der Waals surface area contributed by atoms with Gasteiger partial charge in [-0.15, -0.1) is 0 Å². The minimum atomic E-state index is 0.640. The Morgan fingerprint density at radius 1 is 1.10 bits per heavy atom. The van der Waals surface area contributed by atoms with Crippen molar-refractivity contribution in [2.45, 2.75) is 60.0 Å². The summed E-state index contributed by atoms with van der Waals surface area (Å²) < 4.78 is 5.71. The lowest BCUT2D eigenvalue weighted by molar-refractivity contribution is 0.0611. The molecule has 0 amide bonds. The van der Waals surface area contributed by atoms with Crippen molar-refractivity contribution in [3.8, 4) is 0 Å². The van der Waals surface area contributed by atoms with Crippen LogP contribution in [-0.2, 0) is 4.74 Å². The van der Waals surface area contributed by atoms with Crippen molar-refractivity contribution in [3.63, 3.8) is 0 Å². The lowest BCUT2D eigenvalue weighted by atomic mass is 9.94. The molecule has 2 unspecified atom stereocenters. The van der Waals surface area contributed by atoms with Gasteiger partial charge in [-0.05, 0) is 24.2 Å². The van der Waals surface area contributed by atoms with E-state index in [1.807, 2.05) is 0 Å². The number of nitrogens with zero attached hydrogens (tertiary/aromatic N) is 1. The van der Waals surface area contributed by atoms with E-state index in [1.165, 1.54) is 13.1 Å². The number of hydrogen-bond acceptors (Lipinski definition) is 3. The fraction of sp³-hybridized carbons (Fsp3) is 1.00. The first kappa shape index (κ1) is 17.9. The zero-order valence-electron chi connectivity index (χ0n) is 14.5. The highest BCUT2D eigenvalue weighted by molar-refractivity contribution is 4.88. The van der Waals surface area contributed by atoms with Crippen LogP contribution in [0.3, 0.4) is 0 Å². The van der Waals surface area contributed by atoms with Crippen molar-refractivity contribution in [2.75, 3.05) is 32.8 Å². The van der Waals surface area contributed by atoms with Gasteiger partial charge in [0.1, 0.15) is 0 Å². The predicted octanol–water partition coefficient (Wildman–Crippen LogP) is 3.00. The number of rotatable bonds is 8. The van der Waals surface area contributed by atoms with Crippen molar-refractivity contribution in [1.29, 1.82) is 0 Å². The van der Waals surface area contributed by atoms with Gasteiger partial charge in [0, 0.05) is 44.9 Å². The van der Waals surface area contributed by atoms with Gasteiger partial charge in [0.15, 0.2) is 0 Å². The molecule has 0 aromatic heterocycles. The Bertz CT molecular complexity index is 253. The summed E-state index contributed by atoms with van der Waals surface area (Å²) in [6.45, 7) is 19.0. The zero-order chi connectivity index (χ0) is 15.1. The Morgan fingerprint density at radius 3 is 2.35 bits per heavy atom. The van der Waals surface area contributed by atoms with Crippen LogP contribution >= 0.6 is 0 Å². The van der Waals surface area contributed by atoms with Gasteiger partial charge in [-0.25, -0.2) is 0 Å². The maximum atomic E-state index is 5.71. The SMILES string of the molecule is CC(C)COCCCN1CC(C(C)C)NCC1C(C)C. The van der Waals surface area contributed by atoms with Gasteiger partial charge in [0.2, 0.25) is 0 Å². The molecule has 120 valence electrons. The van der Waals surface area contributed by atoms with Crippen molar-refractivity contribution >= 4 is 0 Å². The molecule has 0 spiro atoms. The molecule has 1 fully saturated rings. The van der Waals surface area contributed by atoms with Crippen LogP contribution in [0, 0.1) is 17.8 Å². The largest absolute Gasteiger partial charge is 0.381 e. The summed E-state index contributed by atoms with van der Waals surface area (Å²) in [6, 6.07) is 1.32. The van der Waals surface area contributed by atoms with Gasteiger partial charge in [-0.1, -0.05) is 41.5 Å². The summed E-state index contributed by atoms with van der Waals surface area (Å²) in [5.41, 5.74) is 0. The van der Waals surface area contributed by atoms with Crippen LogP contribution in [-0.4, -0.2) is 49.8 Å². The highest BCUT2D eigenvalue weighted by Gasteiger charge is 2.30. The highest BCUT2D eigenvalue weighted by atomic mass is 16.5. The fourth-order valence-corrected chi connectivity index (χ4v) is 2.90. The van der Waals surface area contributed by atoms with Crippen LogP contribution in [0.4, 0.5) is 0 Å². The molecule has 1 N–H and O–H groups in total. The number of nitrogens with one attached hydrogen (secondary N) is 1. The molecule has 0 aromatic rings. The minimum absolute atomic E-state index is 0.640. The van der Waals surface area contributed by atoms with Crippen LogP contribution in [0.25, 0.3) is 0 Å². The van der Waals surface area contributed by atoms with Crippen molar-refractivity contribution < 1.29 is 4.74 Å². The highest BCUT2D eigenvalue weighted by Crippen LogP contribution is 2.18. The van der Waals surface area contributed by atoms with E-state index in [1.54, 1.807) is 0 Å². The summed E-state index contributed by atoms with van der Waals surface area (Å²) in [6.07, 6.45) is 1.15. The lowest BCUT2D eigenvalue weighted by Crippen LogP contribution is -2.59. The molecule has 2 atom stereocenters. The van der Waals surface area contributed by atoms with Crippen molar-refractivity contribution in [1.82, 2.24) is 10.2 Å². The van der Waals surface area contributed by atoms with Crippen LogP contribution in [0.15, 0.2) is 0 Å². The number of hydrogen-bond donors (Lipinski definition) is 1. The van der Waals surface area contributed by atoms with Crippen molar-refractivity contribution in [3.05, 3.63) is 0 Å². The average Bonchev–Trinajstić information content (AvgIpc) is 2.37. The van der Waals surface area contributed by atoms with Crippen LogP contribution in [0.1, 0.15) is 48.0 Å². The van der Waals surface area contributed by atoms with Crippen molar-refractivity contribution in [2.24, 2.45) is 17.8 Å². The van der Waals surface area contributed by atoms with E-state index >= 15 is 0 Å². The Morgan fingerprint density at radius 2 is 1.80 bits per heavy atom. The smallest absolute Gasteiger partial charge is 0.0489 e. The molecule has 0 saturated carbocycles. The third kappa shape index (κ3) is 6.11. The van der Waals surface area contributed by atoms with Gasteiger partial charge in [-0.3, -0.25) is 4.90 Å². The molecule has 1 rings (SSSR count). The summed E-state index contributed by atoms with van der Waals surface area (Å²) >= 11 is 0. The molecule has 20 heavy (non-hydrogen) atoms. The van der Waals surface area contributed by atoms with Gasteiger partial charge in [0.25, 0.3) is 0 Å². The summed E-state index contributed by atoms with van der Waals surface area (Å²) in [5.74, 6) is 2.07. The van der Waals surface area contributed by atoms with E-state index in [9.17, 15) is 0 Å². The first-order chi connectivity index (χ1) is 9.41. The van der Waals surface area contributed by atoms with E-state index in [2.05, 4.69) is 51.8 Å². The Hall–Kier alpha value is -0.120. The zero-order valence-corrected chi connectivity index (χ0v) is 14.5. The normalized spacial score (nSPS) is 25.1. The molecule has 3 heteroatoms. The topological polar surface area (TPSA) is 24.5 Å². The fourth-order valence-electron chi connectivity index (χ4n) is 2.90. The Balaban J connectivity index is 2.36. The van der Waals surface area contributed by atoms with Crippen LogP contribution in [0.5, 0.6) is 0 Å². The molecule has 1 saturated heterocycles. The third-order valence-corrected chi connectivity index (χ3v) is 4.25. The number of ether oxygens (including phenoxy) is 1. The summed E-state index contributed by atoms with van der Waals surface area (Å²) in [7, 11) is 0. The monoisotopic (exact) mass is 284 g/mol. The average molecular weight is 284 g/mol. The Kier molecular flexibility index (Phi) is 8.08. The first-order valence-corrected chi connectivity index (χ1v) is 8.47. The maximum Gasteiger partial charge on any atom is 0.0489 e. The van der Waals surface area contributed by atoms with Gasteiger partial charge in [-0.2, -0.15) is 0 Å². The van der Waals surface area contributed by atoms with E-state index in [-0.39, 0.29) is 0 Å². The molecule has 0 aliphatic carbocycles. The van der Waals surface area contributed by atoms with E-state index < -0.39 is 0 Å². The van der Waals surface area contributed by atoms with Crippen LogP contribution in [0.2, 0.25) is 0 Å². The predicted molar refractivity (Wildman–Crippen MR) is 87.1 cm³/mol. The first-order valence-electron chi connectivity index (χ1n) is 8.47. The second-order valence-electron chi connectivity index (χ2n) is 7.39. The maximum absolute atomic E-state index is 5.71. The van der Waals surface area contributed by atoms with E-state index in [0.717, 1.165) is 26.2 Å². The molecular formula is C17H36N2O. The quantitative estimate of drug-likeness (QED) is 0.694. The molecule has 1 heterocycles. The summed E-state index contributed by atoms with van der Waals surface area (Å²) in [5, 5.41) is 3.72. The van der Waals surface area contributed by atoms with E-state index in [0.29, 0.717) is 29.8 Å². The van der Waals surface area contributed by atoms with E-state index in [4.69, 9.17) is 4.74 Å². The van der Waals surface area contributed by atoms with Crippen LogP contribution < -0.4 is 5.32 Å². The number of piperazine rings is 1. The molecule has 0 radical (unpaired) electrons. The minimum Gasteiger partial charge on any atom is -0.381 e. The standard InChI is InChI=1S/C17H36N2O/c1-13(2)12-20-9-7-8-19-11-16(14(3)4)18-10-17(19)15(5)6/h13-18H,7-12H2,1-6H3. The molecule has 0 aromatic carbocycles. The Labute approximate surface area is 126 Å². The lowest BCUT2D eigenvalue weighted by Gasteiger charge is -2.43. The molecular weight excluding hydrogens is 248 g/mol. The summed E-state index contributed by atoms with van der Waals surface area (Å²) in [4.78, 5) is 2.69. The van der Waals surface area contributed by atoms with Gasteiger partial charge >= 0.3 is 0 Å². The third-order valence-electron chi connectivity index (χ3n) is 4.25. The molecule has 1 aliphatic rings.